The van der Waals surface area contributed by atoms with Crippen LogP contribution in [-0.4, -0.2) is 5.91 Å². The largest absolute Gasteiger partial charge is 0.304 e. The van der Waals surface area contributed by atoms with Crippen LogP contribution in [0.3, 0.4) is 0 Å². The minimum atomic E-state index is 0.0429. The van der Waals surface area contributed by atoms with Crippen LogP contribution in [0.5, 0.6) is 0 Å². The van der Waals surface area contributed by atoms with Crippen LogP contribution in [0.2, 0.25) is 0 Å². The second-order valence-electron chi connectivity index (χ2n) is 4.83. The molecule has 19 heavy (non-hydrogen) atoms. The predicted octanol–water partition coefficient (Wildman–Crippen LogP) is 4.17. The molecule has 1 aliphatic rings. The molecule has 1 aliphatic heterocycles. The number of hydrogen-bond acceptors (Lipinski definition) is 1. The third kappa shape index (κ3) is 2.08. The summed E-state index contributed by atoms with van der Waals surface area (Å²) in [6, 6.07) is 18.2. The van der Waals surface area contributed by atoms with Crippen LogP contribution in [0.4, 0.5) is 5.69 Å². The first-order valence-electron chi connectivity index (χ1n) is 6.32. The average molecular weight is 316 g/mol. The number of amides is 1. The third-order valence-corrected chi connectivity index (χ3v) is 4.15. The number of anilines is 1. The van der Waals surface area contributed by atoms with Gasteiger partial charge in [0, 0.05) is 10.2 Å². The lowest BCUT2D eigenvalue weighted by atomic mass is 9.83. The van der Waals surface area contributed by atoms with Gasteiger partial charge in [0.05, 0.1) is 12.0 Å². The molecular weight excluding hydrogens is 302 g/mol. The van der Waals surface area contributed by atoms with E-state index >= 15 is 0 Å². The van der Waals surface area contributed by atoms with Crippen molar-refractivity contribution >= 4 is 27.5 Å². The third-order valence-electron chi connectivity index (χ3n) is 3.62. The summed E-state index contributed by atoms with van der Waals surface area (Å²) in [6.45, 7) is 1.99. The first-order chi connectivity index (χ1) is 9.18. The summed E-state index contributed by atoms with van der Waals surface area (Å²) in [5, 5.41) is 0. The van der Waals surface area contributed by atoms with Crippen LogP contribution >= 0.6 is 15.9 Å². The average Bonchev–Trinajstić information content (AvgIpc) is 2.46. The molecule has 0 bridgehead atoms. The SMILES string of the molecule is CC1C(=O)N(c2ccccc2)C1c1ccc(Br)cc1. The number of carbonyl (C=O) groups excluding carboxylic acids is 1. The van der Waals surface area contributed by atoms with Gasteiger partial charge in [0.15, 0.2) is 0 Å². The number of β-lactam (4-membered cyclic amide) rings is 1. The van der Waals surface area contributed by atoms with Gasteiger partial charge in [-0.2, -0.15) is 0 Å². The van der Waals surface area contributed by atoms with Crippen molar-refractivity contribution < 1.29 is 4.79 Å². The Morgan fingerprint density at radius 2 is 1.63 bits per heavy atom. The summed E-state index contributed by atoms with van der Waals surface area (Å²) in [5.74, 6) is 0.237. The van der Waals surface area contributed by atoms with E-state index in [2.05, 4.69) is 28.1 Å². The Labute approximate surface area is 121 Å². The summed E-state index contributed by atoms with van der Waals surface area (Å²) < 4.78 is 1.06. The number of nitrogens with zero attached hydrogens (tertiary/aromatic N) is 1. The molecule has 3 heteroatoms. The van der Waals surface area contributed by atoms with Gasteiger partial charge in [0.1, 0.15) is 0 Å². The zero-order valence-corrected chi connectivity index (χ0v) is 12.2. The molecule has 1 fully saturated rings. The van der Waals surface area contributed by atoms with Crippen molar-refractivity contribution in [3.8, 4) is 0 Å². The fourth-order valence-corrected chi connectivity index (χ4v) is 2.87. The van der Waals surface area contributed by atoms with Crippen molar-refractivity contribution in [3.05, 3.63) is 64.6 Å². The van der Waals surface area contributed by atoms with Gasteiger partial charge >= 0.3 is 0 Å². The van der Waals surface area contributed by atoms with Gasteiger partial charge in [0.25, 0.3) is 0 Å². The molecule has 2 unspecified atom stereocenters. The monoisotopic (exact) mass is 315 g/mol. The minimum absolute atomic E-state index is 0.0429. The summed E-state index contributed by atoms with van der Waals surface area (Å²) in [6.07, 6.45) is 0. The van der Waals surface area contributed by atoms with Gasteiger partial charge in [-0.3, -0.25) is 4.79 Å². The molecular formula is C16H14BrNO. The van der Waals surface area contributed by atoms with Crippen molar-refractivity contribution in [1.29, 1.82) is 0 Å². The van der Waals surface area contributed by atoms with Crippen molar-refractivity contribution in [2.24, 2.45) is 5.92 Å². The highest BCUT2D eigenvalue weighted by Crippen LogP contribution is 2.43. The topological polar surface area (TPSA) is 20.3 Å². The number of carbonyl (C=O) groups is 1. The smallest absolute Gasteiger partial charge is 0.232 e. The van der Waals surface area contributed by atoms with Crippen molar-refractivity contribution in [2.75, 3.05) is 4.90 Å². The zero-order valence-electron chi connectivity index (χ0n) is 10.6. The van der Waals surface area contributed by atoms with Crippen molar-refractivity contribution in [2.45, 2.75) is 13.0 Å². The number of para-hydroxylation sites is 1. The Morgan fingerprint density at radius 1 is 1.00 bits per heavy atom. The highest BCUT2D eigenvalue weighted by molar-refractivity contribution is 9.10. The molecule has 0 aliphatic carbocycles. The molecule has 0 saturated carbocycles. The Bertz CT molecular complexity index is 594. The van der Waals surface area contributed by atoms with Crippen LogP contribution < -0.4 is 4.90 Å². The fourth-order valence-electron chi connectivity index (χ4n) is 2.61. The fraction of sp³-hybridized carbons (Fsp3) is 0.188. The maximum atomic E-state index is 12.1. The van der Waals surface area contributed by atoms with Crippen LogP contribution in [0.15, 0.2) is 59.1 Å². The van der Waals surface area contributed by atoms with Gasteiger partial charge in [0.2, 0.25) is 5.91 Å². The van der Waals surface area contributed by atoms with E-state index in [-0.39, 0.29) is 17.9 Å². The van der Waals surface area contributed by atoms with Gasteiger partial charge in [-0.25, -0.2) is 0 Å². The number of hydrogen-bond donors (Lipinski definition) is 0. The second-order valence-corrected chi connectivity index (χ2v) is 5.74. The van der Waals surface area contributed by atoms with E-state index < -0.39 is 0 Å². The summed E-state index contributed by atoms with van der Waals surface area (Å²) >= 11 is 3.44. The molecule has 3 rings (SSSR count). The van der Waals surface area contributed by atoms with E-state index in [1.165, 1.54) is 5.56 Å². The Hall–Kier alpha value is -1.61. The first-order valence-corrected chi connectivity index (χ1v) is 7.11. The zero-order chi connectivity index (χ0) is 13.4. The van der Waals surface area contributed by atoms with Gasteiger partial charge in [-0.1, -0.05) is 53.2 Å². The standard InChI is InChI=1S/C16H14BrNO/c1-11-15(12-7-9-13(17)10-8-12)18(16(11)19)14-5-3-2-4-6-14/h2-11,15H,1H3. The van der Waals surface area contributed by atoms with E-state index in [1.54, 1.807) is 0 Å². The summed E-state index contributed by atoms with van der Waals surface area (Å²) in [7, 11) is 0. The van der Waals surface area contributed by atoms with E-state index in [0.29, 0.717) is 0 Å². The predicted molar refractivity (Wildman–Crippen MR) is 80.0 cm³/mol. The number of benzene rings is 2. The minimum Gasteiger partial charge on any atom is -0.304 e. The van der Waals surface area contributed by atoms with E-state index in [9.17, 15) is 4.79 Å². The van der Waals surface area contributed by atoms with E-state index in [1.807, 2.05) is 54.3 Å². The maximum Gasteiger partial charge on any atom is 0.232 e. The van der Waals surface area contributed by atoms with Crippen LogP contribution in [0.25, 0.3) is 0 Å². The Balaban J connectivity index is 1.96. The Kier molecular flexibility index (Phi) is 3.15. The molecule has 1 heterocycles. The molecule has 0 aromatic heterocycles. The molecule has 2 aromatic carbocycles. The number of rotatable bonds is 2. The Morgan fingerprint density at radius 3 is 2.26 bits per heavy atom. The first kappa shape index (κ1) is 12.4. The van der Waals surface area contributed by atoms with Gasteiger partial charge < -0.3 is 4.90 Å². The van der Waals surface area contributed by atoms with E-state index in [0.717, 1.165) is 10.2 Å². The van der Waals surface area contributed by atoms with Crippen LogP contribution in [0, 0.1) is 5.92 Å². The lowest BCUT2D eigenvalue weighted by Crippen LogP contribution is -2.54. The summed E-state index contributed by atoms with van der Waals surface area (Å²) in [5.41, 5.74) is 2.15. The molecule has 1 saturated heterocycles. The molecule has 0 spiro atoms. The van der Waals surface area contributed by atoms with Gasteiger partial charge in [-0.15, -0.1) is 0 Å². The van der Waals surface area contributed by atoms with Crippen molar-refractivity contribution in [3.63, 3.8) is 0 Å². The summed E-state index contributed by atoms with van der Waals surface area (Å²) in [4.78, 5) is 14.0. The van der Waals surface area contributed by atoms with Crippen LogP contribution in [0.1, 0.15) is 18.5 Å². The molecule has 96 valence electrons. The lowest BCUT2D eigenvalue weighted by Gasteiger charge is -2.46. The van der Waals surface area contributed by atoms with Crippen molar-refractivity contribution in [1.82, 2.24) is 0 Å². The van der Waals surface area contributed by atoms with E-state index in [4.69, 9.17) is 0 Å². The molecule has 2 atom stereocenters. The molecule has 2 nitrogen and oxygen atoms in total. The van der Waals surface area contributed by atoms with Crippen LogP contribution in [-0.2, 0) is 4.79 Å². The highest BCUT2D eigenvalue weighted by atomic mass is 79.9. The molecule has 1 amide bonds. The molecule has 0 radical (unpaired) electrons. The number of halogens is 1. The lowest BCUT2D eigenvalue weighted by molar-refractivity contribution is -0.129. The highest BCUT2D eigenvalue weighted by Gasteiger charge is 2.45. The maximum absolute atomic E-state index is 12.1. The molecule has 2 aromatic rings. The molecule has 0 N–H and O–H groups in total. The second kappa shape index (κ2) is 4.82. The quantitative estimate of drug-likeness (QED) is 0.761. The normalized spacial score (nSPS) is 22.2. The van der Waals surface area contributed by atoms with Gasteiger partial charge in [-0.05, 0) is 29.8 Å².